The van der Waals surface area contributed by atoms with Gasteiger partial charge in [0.15, 0.2) is 0 Å². The Morgan fingerprint density at radius 2 is 2.18 bits per heavy atom. The van der Waals surface area contributed by atoms with Crippen LogP contribution in [0.1, 0.15) is 5.56 Å². The van der Waals surface area contributed by atoms with E-state index in [2.05, 4.69) is 18.3 Å². The van der Waals surface area contributed by atoms with E-state index in [1.165, 1.54) is 6.07 Å². The third-order valence-electron chi connectivity index (χ3n) is 1.40. The van der Waals surface area contributed by atoms with Crippen molar-refractivity contribution in [3.63, 3.8) is 0 Å². The number of rotatable bonds is 2. The summed E-state index contributed by atoms with van der Waals surface area (Å²) in [5.41, 5.74) is 0.933. The van der Waals surface area contributed by atoms with E-state index >= 15 is 0 Å². The first-order valence-electron chi connectivity index (χ1n) is 3.17. The zero-order valence-electron chi connectivity index (χ0n) is 6.05. The van der Waals surface area contributed by atoms with Crippen molar-refractivity contribution in [2.45, 2.75) is 0 Å². The molecule has 0 bridgehead atoms. The lowest BCUT2D eigenvalue weighted by Crippen LogP contribution is -1.78. The molecule has 1 nitrogen and oxygen atoms in total. The molecule has 2 heteroatoms. The van der Waals surface area contributed by atoms with Gasteiger partial charge in [-0.25, -0.2) is 4.39 Å². The molecule has 1 rings (SSSR count). The minimum Gasteiger partial charge on any atom is -0.261 e. The Hall–Kier alpha value is -1.44. The van der Waals surface area contributed by atoms with E-state index in [1.54, 1.807) is 18.2 Å². The summed E-state index contributed by atoms with van der Waals surface area (Å²) in [6, 6.07) is 4.69. The van der Waals surface area contributed by atoms with Crippen LogP contribution in [0.4, 0.5) is 10.1 Å². The van der Waals surface area contributed by atoms with Crippen LogP contribution in [0.15, 0.2) is 29.8 Å². The molecule has 0 radical (unpaired) electrons. The van der Waals surface area contributed by atoms with E-state index in [-0.39, 0.29) is 11.5 Å². The van der Waals surface area contributed by atoms with Crippen molar-refractivity contribution in [3.8, 4) is 0 Å². The smallest absolute Gasteiger partial charge is 0.149 e. The molecule has 0 aromatic heterocycles. The molecule has 11 heavy (non-hydrogen) atoms. The molecule has 0 atom stereocenters. The van der Waals surface area contributed by atoms with E-state index in [0.717, 1.165) is 0 Å². The topological polar surface area (TPSA) is 12.4 Å². The summed E-state index contributed by atoms with van der Waals surface area (Å²) in [4.78, 5) is 3.54. The molecule has 0 aliphatic rings. The summed E-state index contributed by atoms with van der Waals surface area (Å²) in [6.45, 7) is 6.79. The molecular formula is C9H8FN. The fourth-order valence-corrected chi connectivity index (χ4v) is 0.864. The molecule has 0 fully saturated rings. The van der Waals surface area contributed by atoms with Crippen molar-refractivity contribution in [2.24, 2.45) is 4.99 Å². The van der Waals surface area contributed by atoms with Gasteiger partial charge in [0.05, 0.1) is 0 Å². The number of hydrogen-bond donors (Lipinski definition) is 0. The minimum atomic E-state index is -0.364. The summed E-state index contributed by atoms with van der Waals surface area (Å²) in [5, 5.41) is 0. The second-order valence-electron chi connectivity index (χ2n) is 2.04. The maximum atomic E-state index is 12.9. The van der Waals surface area contributed by atoms with Crippen LogP contribution in [0.3, 0.4) is 0 Å². The molecule has 0 heterocycles. The SMILES string of the molecule is C=Cc1cccc(F)c1N=C. The molecular weight excluding hydrogens is 141 g/mol. The van der Waals surface area contributed by atoms with Gasteiger partial charge in [-0.05, 0) is 12.8 Å². The Morgan fingerprint density at radius 3 is 2.64 bits per heavy atom. The van der Waals surface area contributed by atoms with Crippen LogP contribution >= 0.6 is 0 Å². The first-order chi connectivity index (χ1) is 5.29. The highest BCUT2D eigenvalue weighted by atomic mass is 19.1. The monoisotopic (exact) mass is 149 g/mol. The Morgan fingerprint density at radius 1 is 1.45 bits per heavy atom. The fourth-order valence-electron chi connectivity index (χ4n) is 0.864. The molecule has 0 N–H and O–H groups in total. The molecule has 0 amide bonds. The Kier molecular flexibility index (Phi) is 2.16. The number of halogens is 1. The van der Waals surface area contributed by atoms with Crippen LogP contribution < -0.4 is 0 Å². The van der Waals surface area contributed by atoms with Gasteiger partial charge >= 0.3 is 0 Å². The normalized spacial score (nSPS) is 9.18. The number of benzene rings is 1. The third kappa shape index (κ3) is 1.34. The van der Waals surface area contributed by atoms with E-state index < -0.39 is 0 Å². The highest BCUT2D eigenvalue weighted by Crippen LogP contribution is 2.22. The van der Waals surface area contributed by atoms with E-state index in [9.17, 15) is 4.39 Å². The van der Waals surface area contributed by atoms with Crippen molar-refractivity contribution in [1.82, 2.24) is 0 Å². The number of hydrogen-bond acceptors (Lipinski definition) is 1. The summed E-state index contributed by atoms with van der Waals surface area (Å²) < 4.78 is 12.9. The highest BCUT2D eigenvalue weighted by molar-refractivity contribution is 5.65. The largest absolute Gasteiger partial charge is 0.261 e. The van der Waals surface area contributed by atoms with Gasteiger partial charge in [-0.3, -0.25) is 4.99 Å². The maximum absolute atomic E-state index is 12.9. The average Bonchev–Trinajstić information content (AvgIpc) is 2.04. The molecule has 0 saturated carbocycles. The van der Waals surface area contributed by atoms with Gasteiger partial charge in [0.1, 0.15) is 11.5 Å². The van der Waals surface area contributed by atoms with Gasteiger partial charge in [-0.1, -0.05) is 24.8 Å². The second kappa shape index (κ2) is 3.10. The van der Waals surface area contributed by atoms with Crippen LogP contribution in [0.2, 0.25) is 0 Å². The van der Waals surface area contributed by atoms with Crippen molar-refractivity contribution < 1.29 is 4.39 Å². The molecule has 0 unspecified atom stereocenters. The lowest BCUT2D eigenvalue weighted by molar-refractivity contribution is 0.630. The van der Waals surface area contributed by atoms with Crippen LogP contribution in [0, 0.1) is 5.82 Å². The van der Waals surface area contributed by atoms with Crippen LogP contribution in [-0.2, 0) is 0 Å². The second-order valence-corrected chi connectivity index (χ2v) is 2.04. The lowest BCUT2D eigenvalue weighted by Gasteiger charge is -1.99. The highest BCUT2D eigenvalue weighted by Gasteiger charge is 2.01. The van der Waals surface area contributed by atoms with Gasteiger partial charge in [0, 0.05) is 5.56 Å². The number of nitrogens with zero attached hydrogens (tertiary/aromatic N) is 1. The number of aliphatic imine (C=N–C) groups is 1. The predicted octanol–water partition coefficient (Wildman–Crippen LogP) is 2.80. The first-order valence-corrected chi connectivity index (χ1v) is 3.17. The lowest BCUT2D eigenvalue weighted by atomic mass is 10.2. The Balaban J connectivity index is 3.35. The molecule has 1 aromatic rings. The summed E-state index contributed by atoms with van der Waals surface area (Å²) >= 11 is 0. The summed E-state index contributed by atoms with van der Waals surface area (Å²) in [7, 11) is 0. The third-order valence-corrected chi connectivity index (χ3v) is 1.40. The molecule has 0 aliphatic carbocycles. The van der Waals surface area contributed by atoms with Crippen LogP contribution in [0.25, 0.3) is 6.08 Å². The van der Waals surface area contributed by atoms with Crippen molar-refractivity contribution in [2.75, 3.05) is 0 Å². The van der Waals surface area contributed by atoms with Crippen LogP contribution in [0.5, 0.6) is 0 Å². The molecule has 56 valence electrons. The molecule has 0 aliphatic heterocycles. The van der Waals surface area contributed by atoms with Gasteiger partial charge in [0.25, 0.3) is 0 Å². The predicted molar refractivity (Wildman–Crippen MR) is 45.7 cm³/mol. The zero-order valence-corrected chi connectivity index (χ0v) is 6.05. The quantitative estimate of drug-likeness (QED) is 0.573. The summed E-state index contributed by atoms with van der Waals surface area (Å²) in [6.07, 6.45) is 1.55. The van der Waals surface area contributed by atoms with Crippen LogP contribution in [-0.4, -0.2) is 6.72 Å². The molecule has 1 aromatic carbocycles. The Labute approximate surface area is 64.9 Å². The van der Waals surface area contributed by atoms with Gasteiger partial charge in [-0.15, -0.1) is 0 Å². The minimum absolute atomic E-state index is 0.266. The van der Waals surface area contributed by atoms with E-state index in [4.69, 9.17) is 0 Å². The summed E-state index contributed by atoms with van der Waals surface area (Å²) in [5.74, 6) is -0.364. The van der Waals surface area contributed by atoms with E-state index in [0.29, 0.717) is 5.56 Å². The van der Waals surface area contributed by atoms with E-state index in [1.807, 2.05) is 0 Å². The fraction of sp³-hybridized carbons (Fsp3) is 0. The zero-order chi connectivity index (χ0) is 8.27. The average molecular weight is 149 g/mol. The van der Waals surface area contributed by atoms with Gasteiger partial charge in [-0.2, -0.15) is 0 Å². The molecule has 0 spiro atoms. The van der Waals surface area contributed by atoms with Gasteiger partial charge < -0.3 is 0 Å². The van der Waals surface area contributed by atoms with Gasteiger partial charge in [0.2, 0.25) is 0 Å². The first kappa shape index (κ1) is 7.66. The van der Waals surface area contributed by atoms with Crippen molar-refractivity contribution >= 4 is 18.5 Å². The van der Waals surface area contributed by atoms with Crippen molar-refractivity contribution in [1.29, 1.82) is 0 Å². The maximum Gasteiger partial charge on any atom is 0.149 e. The molecule has 0 saturated heterocycles. The standard InChI is InChI=1S/C9H8FN/c1-3-7-5-4-6-8(10)9(7)11-2/h3-6H,1-2H2. The van der Waals surface area contributed by atoms with Crippen molar-refractivity contribution in [3.05, 3.63) is 36.2 Å². The number of para-hydroxylation sites is 1. The Bertz CT molecular complexity index is 292.